The molecule has 1 atom stereocenters. The number of Topliss-reactive ketones (excluding diaryl/α,β-unsaturated/α-hetero) is 2. The molecule has 4 rings (SSSR count). The molecule has 0 spiro atoms. The molecule has 0 radical (unpaired) electrons. The van der Waals surface area contributed by atoms with Crippen molar-refractivity contribution in [1.82, 2.24) is 45.8 Å². The van der Waals surface area contributed by atoms with E-state index < -0.39 is 0 Å². The first-order chi connectivity index (χ1) is 24.5. The van der Waals surface area contributed by atoms with Crippen LogP contribution in [0.5, 0.6) is 0 Å². The molecule has 298 valence electrons. The van der Waals surface area contributed by atoms with Crippen molar-refractivity contribution in [2.24, 2.45) is 36.3 Å². The Balaban J connectivity index is 0.000000632. The van der Waals surface area contributed by atoms with Gasteiger partial charge < -0.3 is 27.0 Å². The average molecular weight is 736 g/mol. The summed E-state index contributed by atoms with van der Waals surface area (Å²) in [6.07, 6.45) is 4.51. The van der Waals surface area contributed by atoms with E-state index in [1.807, 2.05) is 62.7 Å². The highest BCUT2D eigenvalue weighted by atomic mass is 16.2. The van der Waals surface area contributed by atoms with Crippen molar-refractivity contribution < 1.29 is 14.4 Å². The third kappa shape index (κ3) is 15.9. The van der Waals surface area contributed by atoms with Crippen molar-refractivity contribution in [3.8, 4) is 0 Å². The van der Waals surface area contributed by atoms with E-state index in [0.29, 0.717) is 37.4 Å². The summed E-state index contributed by atoms with van der Waals surface area (Å²) in [5.41, 5.74) is 9.72. The first kappa shape index (κ1) is 48.3. The number of aryl methyl sites for hydroxylation is 2. The lowest BCUT2D eigenvalue weighted by molar-refractivity contribution is -0.134. The molecule has 1 amide bonds. The molecule has 0 aromatic carbocycles. The monoisotopic (exact) mass is 736 g/mol. The summed E-state index contributed by atoms with van der Waals surface area (Å²) in [6, 6.07) is 0. The quantitative estimate of drug-likeness (QED) is 0.151. The van der Waals surface area contributed by atoms with Crippen LogP contribution in [0, 0.1) is 25.2 Å². The molecule has 52 heavy (non-hydrogen) atoms. The molecule has 2 aliphatic heterocycles. The van der Waals surface area contributed by atoms with Crippen LogP contribution in [-0.4, -0.2) is 115 Å². The number of aromatic nitrogens is 4. The number of hydrogen-bond acceptors (Lipinski definition) is 11. The van der Waals surface area contributed by atoms with E-state index in [1.54, 1.807) is 21.1 Å². The van der Waals surface area contributed by atoms with Gasteiger partial charge in [0.1, 0.15) is 17.0 Å². The summed E-state index contributed by atoms with van der Waals surface area (Å²) in [6.45, 7) is 16.1. The zero-order valence-corrected chi connectivity index (χ0v) is 34.0. The minimum atomic E-state index is -0.354. The molecule has 4 heterocycles. The van der Waals surface area contributed by atoms with Crippen molar-refractivity contribution in [3.05, 3.63) is 43.2 Å². The van der Waals surface area contributed by atoms with Crippen LogP contribution in [-0.2, 0) is 41.3 Å². The minimum absolute atomic E-state index is 0.0356. The topological polar surface area (TPSA) is 217 Å². The molecule has 8 N–H and O–H groups in total. The number of rotatable bonds is 13. The Bertz CT molecular complexity index is 1520. The summed E-state index contributed by atoms with van der Waals surface area (Å²) in [7, 11) is 10.8. The number of nitrogens with zero attached hydrogens (tertiary/aromatic N) is 4. The van der Waals surface area contributed by atoms with Gasteiger partial charge in [-0.2, -0.15) is 5.10 Å². The molecule has 1 fully saturated rings. The normalized spacial score (nSPS) is 15.9. The summed E-state index contributed by atoms with van der Waals surface area (Å²) >= 11 is 0. The van der Waals surface area contributed by atoms with Crippen LogP contribution < -0.4 is 38.1 Å². The number of H-pyrrole nitrogens is 2. The van der Waals surface area contributed by atoms with Gasteiger partial charge in [-0.1, -0.05) is 20.8 Å². The van der Waals surface area contributed by atoms with Crippen LogP contribution >= 0.6 is 0 Å². The predicted octanol–water partition coefficient (Wildman–Crippen LogP) is 0.517. The number of carbonyl (C=O) groups is 3. The second-order valence-electron chi connectivity index (χ2n) is 13.4. The summed E-state index contributed by atoms with van der Waals surface area (Å²) in [5, 5.41) is 23.7. The Morgan fingerprint density at radius 2 is 1.37 bits per heavy atom. The van der Waals surface area contributed by atoms with E-state index in [-0.39, 0.29) is 28.4 Å². The largest absolute Gasteiger partial charge is 0.330 e. The van der Waals surface area contributed by atoms with Gasteiger partial charge in [0.2, 0.25) is 0 Å². The molecule has 16 nitrogen and oxygen atoms in total. The van der Waals surface area contributed by atoms with Gasteiger partial charge in [-0.3, -0.25) is 43.5 Å². The lowest BCUT2D eigenvalue weighted by Gasteiger charge is -2.28. The molecule has 2 aromatic rings. The van der Waals surface area contributed by atoms with Crippen molar-refractivity contribution in [2.75, 3.05) is 67.5 Å². The number of fused-ring (bicyclic) bond motifs is 1. The molecule has 16 heteroatoms. The predicted molar refractivity (Wildman–Crippen MR) is 210 cm³/mol. The molecular formula is C36H69N11O5. The molecule has 1 saturated heterocycles. The molecule has 0 aliphatic carbocycles. The maximum absolute atomic E-state index is 11.6. The standard InChI is InChI=1S/C8H13N3O.C8H15N3O.C7H13N3O.C7H15NO.C6H13NO/c1-8-5-9-4-3-6(8)10-11(2)7(8)12;1-6-7(4-5-9-2)10-11(3)8(6)12;1-5-6(3-4-8)9-10(2)7(5)11;1-6(2)7(9)4-5-8-3;1-3-6(8)4-5-7-2/h9H,3-5H2,1-2H3;9-10H,4-5H2,1-3H3;9H,3-4,8H2,1-2H3;6,8H,4-5H2,1-3H3;7H,3-5H2,1-2H3. The molecular weight excluding hydrogens is 666 g/mol. The van der Waals surface area contributed by atoms with Gasteiger partial charge in [0, 0.05) is 121 Å². The first-order valence-electron chi connectivity index (χ1n) is 18.2. The SMILES string of the molecule is CCC(=O)CCNC.CN1N=C2CCNCC2(C)C1=O.CNCCC(=O)C(C)C.CNCCc1[nH]n(C)c(=O)c1C.Cc1c(CCN)[nH]n(C)c1=O. The van der Waals surface area contributed by atoms with Crippen LogP contribution in [0.25, 0.3) is 0 Å². The van der Waals surface area contributed by atoms with Crippen LogP contribution in [0.15, 0.2) is 14.7 Å². The maximum atomic E-state index is 11.6. The lowest BCUT2D eigenvalue weighted by Crippen LogP contribution is -2.48. The summed E-state index contributed by atoms with van der Waals surface area (Å²) < 4.78 is 2.99. The fourth-order valence-corrected chi connectivity index (χ4v) is 5.16. The van der Waals surface area contributed by atoms with E-state index >= 15 is 0 Å². The van der Waals surface area contributed by atoms with Crippen LogP contribution in [0.3, 0.4) is 0 Å². The molecule has 1 unspecified atom stereocenters. The Kier molecular flexibility index (Phi) is 23.5. The highest BCUT2D eigenvalue weighted by Gasteiger charge is 2.46. The van der Waals surface area contributed by atoms with E-state index in [1.165, 1.54) is 14.4 Å². The van der Waals surface area contributed by atoms with Gasteiger partial charge in [-0.05, 0) is 48.5 Å². The van der Waals surface area contributed by atoms with Crippen molar-refractivity contribution >= 4 is 23.2 Å². The average Bonchev–Trinajstić information content (AvgIpc) is 3.62. The van der Waals surface area contributed by atoms with Crippen LogP contribution in [0.1, 0.15) is 75.9 Å². The smallest absolute Gasteiger partial charge is 0.269 e. The summed E-state index contributed by atoms with van der Waals surface area (Å²) in [5.74, 6) is 0.978. The molecule has 0 bridgehead atoms. The van der Waals surface area contributed by atoms with Gasteiger partial charge in [0.15, 0.2) is 0 Å². The third-order valence-corrected chi connectivity index (χ3v) is 8.79. The highest BCUT2D eigenvalue weighted by Crippen LogP contribution is 2.30. The number of ketones is 2. The van der Waals surface area contributed by atoms with E-state index in [9.17, 15) is 24.0 Å². The van der Waals surface area contributed by atoms with Crippen molar-refractivity contribution in [3.63, 3.8) is 0 Å². The number of hydrazone groups is 1. The van der Waals surface area contributed by atoms with E-state index in [2.05, 4.69) is 36.6 Å². The third-order valence-electron chi connectivity index (χ3n) is 8.79. The van der Waals surface area contributed by atoms with Crippen LogP contribution in [0.2, 0.25) is 0 Å². The molecule has 2 aromatic heterocycles. The Morgan fingerprint density at radius 1 is 0.865 bits per heavy atom. The van der Waals surface area contributed by atoms with Crippen molar-refractivity contribution in [2.45, 2.75) is 80.1 Å². The van der Waals surface area contributed by atoms with Crippen molar-refractivity contribution in [1.29, 1.82) is 0 Å². The van der Waals surface area contributed by atoms with Gasteiger partial charge in [-0.25, -0.2) is 5.01 Å². The zero-order valence-electron chi connectivity index (χ0n) is 34.0. The fraction of sp³-hybridized carbons (Fsp3) is 0.722. The lowest BCUT2D eigenvalue weighted by atomic mass is 9.81. The summed E-state index contributed by atoms with van der Waals surface area (Å²) in [4.78, 5) is 55.4. The van der Waals surface area contributed by atoms with E-state index in [0.717, 1.165) is 80.2 Å². The number of nitrogens with one attached hydrogen (secondary N) is 6. The second kappa shape index (κ2) is 25.3. The Hall–Kier alpha value is -3.70. The minimum Gasteiger partial charge on any atom is -0.330 e. The number of amides is 1. The second-order valence-corrected chi connectivity index (χ2v) is 13.4. The number of nitrogens with two attached hydrogens (primary N) is 1. The molecule has 0 saturated carbocycles. The van der Waals surface area contributed by atoms with Crippen LogP contribution in [0.4, 0.5) is 0 Å². The number of piperidine rings is 1. The maximum Gasteiger partial charge on any atom is 0.269 e. The first-order valence-corrected chi connectivity index (χ1v) is 18.2. The number of aromatic amines is 2. The van der Waals surface area contributed by atoms with Gasteiger partial charge in [0.25, 0.3) is 17.0 Å². The number of likely N-dealkylation sites (N-methyl/N-ethyl adjacent to an activating group) is 1. The van der Waals surface area contributed by atoms with Gasteiger partial charge in [0.05, 0.1) is 5.71 Å². The Labute approximate surface area is 310 Å². The van der Waals surface area contributed by atoms with Gasteiger partial charge >= 0.3 is 0 Å². The highest BCUT2D eigenvalue weighted by molar-refractivity contribution is 6.12. The molecule has 2 aliphatic rings. The zero-order chi connectivity index (χ0) is 40.0. The number of carbonyl (C=O) groups excluding carboxylic acids is 3. The van der Waals surface area contributed by atoms with Gasteiger partial charge in [-0.15, -0.1) is 0 Å². The van der Waals surface area contributed by atoms with E-state index in [4.69, 9.17) is 5.73 Å². The Morgan fingerprint density at radius 3 is 1.77 bits per heavy atom. The number of hydrogen-bond donors (Lipinski definition) is 7. The fourth-order valence-electron chi connectivity index (χ4n) is 5.16.